The average molecular weight is 275 g/mol. The summed E-state index contributed by atoms with van der Waals surface area (Å²) in [6.45, 7) is 3.93. The number of aromatic nitrogens is 1. The Hall–Kier alpha value is -1.88. The number of benzene rings is 1. The van der Waals surface area contributed by atoms with E-state index < -0.39 is 0 Å². The lowest BCUT2D eigenvalue weighted by Gasteiger charge is -2.13. The molecule has 0 bridgehead atoms. The molecule has 0 aliphatic heterocycles. The molecule has 1 aromatic heterocycles. The molecule has 0 saturated heterocycles. The number of amides is 1. The Morgan fingerprint density at radius 2 is 2.00 bits per heavy atom. The van der Waals surface area contributed by atoms with Crippen LogP contribution in [0.25, 0.3) is 0 Å². The molecule has 2 rings (SSSR count). The number of nitrogens with one attached hydrogen (secondary N) is 2. The van der Waals surface area contributed by atoms with E-state index in [1.54, 1.807) is 11.3 Å². The summed E-state index contributed by atoms with van der Waals surface area (Å²) in [7, 11) is 0. The second kappa shape index (κ2) is 6.33. The smallest absolute Gasteiger partial charge is 0.224 e. The quantitative estimate of drug-likeness (QED) is 0.875. The number of anilines is 2. The molecule has 2 N–H and O–H groups in total. The zero-order chi connectivity index (χ0) is 13.7. The lowest BCUT2D eigenvalue weighted by Crippen LogP contribution is -2.09. The average Bonchev–Trinajstić information content (AvgIpc) is 2.95. The van der Waals surface area contributed by atoms with Crippen LogP contribution in [0.15, 0.2) is 36.0 Å². The number of rotatable bonds is 5. The van der Waals surface area contributed by atoms with Gasteiger partial charge < -0.3 is 10.6 Å². The van der Waals surface area contributed by atoms with E-state index in [2.05, 4.69) is 22.5 Å². The molecule has 1 unspecified atom stereocenters. The van der Waals surface area contributed by atoms with Crippen molar-refractivity contribution in [2.45, 2.75) is 26.3 Å². The molecule has 0 radical (unpaired) electrons. The third-order valence-corrected chi connectivity index (χ3v) is 3.71. The molecule has 100 valence electrons. The highest BCUT2D eigenvalue weighted by Crippen LogP contribution is 2.22. The van der Waals surface area contributed by atoms with E-state index in [0.29, 0.717) is 6.42 Å². The van der Waals surface area contributed by atoms with E-state index in [1.165, 1.54) is 4.88 Å². The van der Waals surface area contributed by atoms with Gasteiger partial charge in [0, 0.05) is 28.9 Å². The van der Waals surface area contributed by atoms with E-state index in [-0.39, 0.29) is 11.9 Å². The van der Waals surface area contributed by atoms with E-state index in [1.807, 2.05) is 42.9 Å². The number of hydrogen-bond donors (Lipinski definition) is 2. The zero-order valence-electron chi connectivity index (χ0n) is 11.0. The normalized spacial score (nSPS) is 11.9. The maximum Gasteiger partial charge on any atom is 0.224 e. The van der Waals surface area contributed by atoms with Crippen molar-refractivity contribution in [2.24, 2.45) is 0 Å². The van der Waals surface area contributed by atoms with Crippen LogP contribution in [0.3, 0.4) is 0 Å². The van der Waals surface area contributed by atoms with Crippen molar-refractivity contribution in [3.05, 3.63) is 40.8 Å². The van der Waals surface area contributed by atoms with Crippen LogP contribution in [0, 0.1) is 0 Å². The van der Waals surface area contributed by atoms with Crippen molar-refractivity contribution in [1.82, 2.24) is 4.98 Å². The van der Waals surface area contributed by atoms with Crippen molar-refractivity contribution < 1.29 is 4.79 Å². The second-order valence-corrected chi connectivity index (χ2v) is 5.17. The van der Waals surface area contributed by atoms with Gasteiger partial charge >= 0.3 is 0 Å². The number of hydrogen-bond acceptors (Lipinski definition) is 4. The number of nitrogens with zero attached hydrogens (tertiary/aromatic N) is 1. The molecule has 0 saturated carbocycles. The fraction of sp³-hybridized carbons (Fsp3) is 0.286. The predicted molar refractivity (Wildman–Crippen MR) is 79.5 cm³/mol. The summed E-state index contributed by atoms with van der Waals surface area (Å²) in [4.78, 5) is 16.5. The standard InChI is InChI=1S/C14H17N3OS/c1-3-14(18)17-12-6-4-11(5-7-12)16-10(2)13-8-15-9-19-13/h4-10,16H,3H2,1-2H3,(H,17,18). The van der Waals surface area contributed by atoms with Gasteiger partial charge in [-0.2, -0.15) is 0 Å². The van der Waals surface area contributed by atoms with E-state index in [4.69, 9.17) is 0 Å². The largest absolute Gasteiger partial charge is 0.378 e. The van der Waals surface area contributed by atoms with E-state index >= 15 is 0 Å². The van der Waals surface area contributed by atoms with Gasteiger partial charge in [0.05, 0.1) is 11.6 Å². The van der Waals surface area contributed by atoms with Gasteiger partial charge in [-0.25, -0.2) is 0 Å². The van der Waals surface area contributed by atoms with Gasteiger partial charge in [-0.1, -0.05) is 6.92 Å². The molecule has 1 atom stereocenters. The molecule has 0 aliphatic carbocycles. The molecule has 1 amide bonds. The summed E-state index contributed by atoms with van der Waals surface area (Å²) in [5.74, 6) is 0.0266. The fourth-order valence-electron chi connectivity index (χ4n) is 1.66. The zero-order valence-corrected chi connectivity index (χ0v) is 11.8. The first kappa shape index (κ1) is 13.5. The summed E-state index contributed by atoms with van der Waals surface area (Å²) in [5.41, 5.74) is 3.68. The van der Waals surface area contributed by atoms with Crippen LogP contribution in [-0.2, 0) is 4.79 Å². The molecule has 2 aromatic rings. The third-order valence-electron chi connectivity index (χ3n) is 2.75. The Morgan fingerprint density at radius 1 is 1.32 bits per heavy atom. The molecule has 0 aliphatic rings. The summed E-state index contributed by atoms with van der Waals surface area (Å²) >= 11 is 1.63. The van der Waals surface area contributed by atoms with Crippen LogP contribution >= 0.6 is 11.3 Å². The van der Waals surface area contributed by atoms with Gasteiger partial charge in [-0.05, 0) is 31.2 Å². The Kier molecular flexibility index (Phi) is 4.52. The van der Waals surface area contributed by atoms with Gasteiger partial charge in [-0.15, -0.1) is 11.3 Å². The first-order valence-electron chi connectivity index (χ1n) is 6.24. The monoisotopic (exact) mass is 275 g/mol. The predicted octanol–water partition coefficient (Wildman–Crippen LogP) is 3.66. The Balaban J connectivity index is 1.97. The molecule has 19 heavy (non-hydrogen) atoms. The van der Waals surface area contributed by atoms with Crippen molar-refractivity contribution in [1.29, 1.82) is 0 Å². The highest BCUT2D eigenvalue weighted by Gasteiger charge is 2.06. The fourth-order valence-corrected chi connectivity index (χ4v) is 2.29. The topological polar surface area (TPSA) is 54.0 Å². The molecular formula is C14H17N3OS. The third kappa shape index (κ3) is 3.79. The molecule has 0 spiro atoms. The maximum atomic E-state index is 11.3. The van der Waals surface area contributed by atoms with Gasteiger partial charge in [0.1, 0.15) is 0 Å². The Bertz CT molecular complexity index is 522. The van der Waals surface area contributed by atoms with Crippen LogP contribution in [-0.4, -0.2) is 10.9 Å². The van der Waals surface area contributed by atoms with Gasteiger partial charge in [0.15, 0.2) is 0 Å². The first-order valence-corrected chi connectivity index (χ1v) is 7.12. The Labute approximate surface area is 116 Å². The van der Waals surface area contributed by atoms with Gasteiger partial charge in [0.2, 0.25) is 5.91 Å². The van der Waals surface area contributed by atoms with Gasteiger partial charge in [0.25, 0.3) is 0 Å². The number of carbonyl (C=O) groups excluding carboxylic acids is 1. The SMILES string of the molecule is CCC(=O)Nc1ccc(NC(C)c2cncs2)cc1. The number of carbonyl (C=O) groups is 1. The molecule has 1 aromatic carbocycles. The van der Waals surface area contributed by atoms with E-state index in [0.717, 1.165) is 11.4 Å². The minimum atomic E-state index is 0.0266. The van der Waals surface area contributed by atoms with Crippen LogP contribution < -0.4 is 10.6 Å². The summed E-state index contributed by atoms with van der Waals surface area (Å²) < 4.78 is 0. The highest BCUT2D eigenvalue weighted by molar-refractivity contribution is 7.09. The maximum absolute atomic E-state index is 11.3. The number of thiazole rings is 1. The first-order chi connectivity index (χ1) is 9.19. The van der Waals surface area contributed by atoms with E-state index in [9.17, 15) is 4.79 Å². The minimum Gasteiger partial charge on any atom is -0.378 e. The summed E-state index contributed by atoms with van der Waals surface area (Å²) in [5, 5.41) is 6.22. The summed E-state index contributed by atoms with van der Waals surface area (Å²) in [6, 6.07) is 7.94. The van der Waals surface area contributed by atoms with Crippen molar-refractivity contribution in [3.8, 4) is 0 Å². The second-order valence-electron chi connectivity index (χ2n) is 4.25. The van der Waals surface area contributed by atoms with Crippen LogP contribution in [0.5, 0.6) is 0 Å². The lowest BCUT2D eigenvalue weighted by atomic mass is 10.2. The highest BCUT2D eigenvalue weighted by atomic mass is 32.1. The van der Waals surface area contributed by atoms with Crippen molar-refractivity contribution >= 4 is 28.6 Å². The van der Waals surface area contributed by atoms with Crippen LogP contribution in [0.2, 0.25) is 0 Å². The molecule has 0 fully saturated rings. The van der Waals surface area contributed by atoms with Crippen LogP contribution in [0.1, 0.15) is 31.2 Å². The Morgan fingerprint density at radius 3 is 2.58 bits per heavy atom. The van der Waals surface area contributed by atoms with Crippen molar-refractivity contribution in [3.63, 3.8) is 0 Å². The van der Waals surface area contributed by atoms with Crippen molar-refractivity contribution in [2.75, 3.05) is 10.6 Å². The minimum absolute atomic E-state index is 0.0266. The summed E-state index contributed by atoms with van der Waals surface area (Å²) in [6.07, 6.45) is 2.36. The molecule has 4 nitrogen and oxygen atoms in total. The molecule has 5 heteroatoms. The van der Waals surface area contributed by atoms with Gasteiger partial charge in [-0.3, -0.25) is 9.78 Å². The molecule has 1 heterocycles. The molecular weight excluding hydrogens is 258 g/mol. The lowest BCUT2D eigenvalue weighted by molar-refractivity contribution is -0.115. The van der Waals surface area contributed by atoms with Crippen LogP contribution in [0.4, 0.5) is 11.4 Å².